The lowest BCUT2D eigenvalue weighted by Crippen LogP contribution is -2.27. The van der Waals surface area contributed by atoms with Crippen molar-refractivity contribution in [1.29, 1.82) is 0 Å². The monoisotopic (exact) mass is 382 g/mol. The summed E-state index contributed by atoms with van der Waals surface area (Å²) in [6, 6.07) is 4.89. The molecule has 0 spiro atoms. The number of esters is 1. The minimum atomic E-state index is -1.96. The molecular weight excluding hydrogens is 368 g/mol. The maximum absolute atomic E-state index is 14.2. The molecule has 0 saturated heterocycles. The highest BCUT2D eigenvalue weighted by Gasteiger charge is 2.33. The van der Waals surface area contributed by atoms with Gasteiger partial charge in [-0.05, 0) is 44.2 Å². The highest BCUT2D eigenvalue weighted by atomic mass is 19.2. The minimum absolute atomic E-state index is 0.180. The molecular formula is C19H14F4O4. The summed E-state index contributed by atoms with van der Waals surface area (Å²) < 4.78 is 66.5. The highest BCUT2D eigenvalue weighted by Crippen LogP contribution is 2.34. The Hall–Kier alpha value is -3.16. The van der Waals surface area contributed by atoms with Crippen LogP contribution >= 0.6 is 0 Å². The molecule has 4 nitrogen and oxygen atoms in total. The number of carbonyl (C=O) groups excluding carboxylic acids is 2. The van der Waals surface area contributed by atoms with Gasteiger partial charge in [-0.15, -0.1) is 0 Å². The largest absolute Gasteiger partial charge is 0.452 e. The van der Waals surface area contributed by atoms with E-state index in [1.807, 2.05) is 0 Å². The van der Waals surface area contributed by atoms with E-state index in [2.05, 4.69) is 6.58 Å². The standard InChI is InChI=1S/C19H14F4O4/c1-4-19(2,3)27-18(25)12-13(20)15(22)17(16(23)14(12)21)26-11-7-5-10(9-24)6-8-11/h4-9H,1H2,2-3H3. The van der Waals surface area contributed by atoms with E-state index in [1.54, 1.807) is 0 Å². The van der Waals surface area contributed by atoms with E-state index in [-0.39, 0.29) is 11.3 Å². The van der Waals surface area contributed by atoms with Gasteiger partial charge in [0, 0.05) is 5.56 Å². The van der Waals surface area contributed by atoms with Crippen LogP contribution in [0.15, 0.2) is 36.9 Å². The zero-order valence-electron chi connectivity index (χ0n) is 14.3. The molecule has 142 valence electrons. The number of halogens is 4. The molecule has 0 aliphatic rings. The van der Waals surface area contributed by atoms with Crippen LogP contribution in [0.1, 0.15) is 34.6 Å². The fourth-order valence-electron chi connectivity index (χ4n) is 1.94. The van der Waals surface area contributed by atoms with Gasteiger partial charge in [0.2, 0.25) is 17.4 Å². The Labute approximate surface area is 152 Å². The van der Waals surface area contributed by atoms with E-state index in [9.17, 15) is 27.2 Å². The average molecular weight is 382 g/mol. The summed E-state index contributed by atoms with van der Waals surface area (Å²) in [7, 11) is 0. The van der Waals surface area contributed by atoms with Crippen LogP contribution in [0.25, 0.3) is 0 Å². The van der Waals surface area contributed by atoms with Crippen LogP contribution in [-0.4, -0.2) is 17.9 Å². The quantitative estimate of drug-likeness (QED) is 0.233. The molecule has 0 saturated carbocycles. The van der Waals surface area contributed by atoms with Crippen molar-refractivity contribution in [3.8, 4) is 11.5 Å². The van der Waals surface area contributed by atoms with Crippen LogP contribution in [0.2, 0.25) is 0 Å². The first-order valence-electron chi connectivity index (χ1n) is 7.57. The molecule has 0 unspecified atom stereocenters. The van der Waals surface area contributed by atoms with Gasteiger partial charge in [0.15, 0.2) is 11.6 Å². The Morgan fingerprint density at radius 2 is 1.52 bits per heavy atom. The maximum Gasteiger partial charge on any atom is 0.345 e. The van der Waals surface area contributed by atoms with Gasteiger partial charge < -0.3 is 9.47 Å². The molecule has 8 heteroatoms. The van der Waals surface area contributed by atoms with Crippen LogP contribution < -0.4 is 4.74 Å². The second-order valence-electron chi connectivity index (χ2n) is 5.95. The summed E-state index contributed by atoms with van der Waals surface area (Å²) in [5.74, 6) is -10.9. The lowest BCUT2D eigenvalue weighted by molar-refractivity contribution is 0.0161. The van der Waals surface area contributed by atoms with Crippen molar-refractivity contribution in [3.05, 3.63) is 71.3 Å². The van der Waals surface area contributed by atoms with Crippen molar-refractivity contribution in [2.24, 2.45) is 0 Å². The molecule has 0 aliphatic carbocycles. The second-order valence-corrected chi connectivity index (χ2v) is 5.95. The lowest BCUT2D eigenvalue weighted by atomic mass is 10.1. The van der Waals surface area contributed by atoms with Gasteiger partial charge in [0.1, 0.15) is 23.2 Å². The van der Waals surface area contributed by atoms with Crippen molar-refractivity contribution >= 4 is 12.3 Å². The Kier molecular flexibility index (Phi) is 5.68. The molecule has 0 fully saturated rings. The van der Waals surface area contributed by atoms with E-state index >= 15 is 0 Å². The highest BCUT2D eigenvalue weighted by molar-refractivity contribution is 5.90. The summed E-state index contributed by atoms with van der Waals surface area (Å²) in [6.07, 6.45) is 1.70. The van der Waals surface area contributed by atoms with E-state index in [4.69, 9.17) is 9.47 Å². The molecule has 2 aromatic rings. The number of ether oxygens (including phenoxy) is 2. The first kappa shape index (κ1) is 20.2. The molecule has 0 heterocycles. The molecule has 0 bridgehead atoms. The number of hydrogen-bond acceptors (Lipinski definition) is 4. The van der Waals surface area contributed by atoms with Crippen LogP contribution in [0, 0.1) is 23.3 Å². The van der Waals surface area contributed by atoms with Crippen molar-refractivity contribution in [1.82, 2.24) is 0 Å². The van der Waals surface area contributed by atoms with E-state index < -0.39 is 46.2 Å². The van der Waals surface area contributed by atoms with Gasteiger partial charge in [0.05, 0.1) is 0 Å². The SMILES string of the molecule is C=CC(C)(C)OC(=O)c1c(F)c(F)c(Oc2ccc(C=O)cc2)c(F)c1F. The zero-order chi connectivity index (χ0) is 20.4. The van der Waals surface area contributed by atoms with E-state index in [0.717, 1.165) is 0 Å². The second kappa shape index (κ2) is 7.61. The van der Waals surface area contributed by atoms with Gasteiger partial charge in [-0.2, -0.15) is 8.78 Å². The molecule has 0 aromatic heterocycles. The molecule has 0 radical (unpaired) electrons. The van der Waals surface area contributed by atoms with Crippen LogP contribution in [0.3, 0.4) is 0 Å². The maximum atomic E-state index is 14.2. The first-order valence-corrected chi connectivity index (χ1v) is 7.57. The van der Waals surface area contributed by atoms with Crippen molar-refractivity contribution < 1.29 is 36.6 Å². The van der Waals surface area contributed by atoms with Gasteiger partial charge in [-0.25, -0.2) is 13.6 Å². The van der Waals surface area contributed by atoms with Crippen molar-refractivity contribution in [2.75, 3.05) is 0 Å². The summed E-state index contributed by atoms with van der Waals surface area (Å²) in [4.78, 5) is 22.5. The molecule has 2 aromatic carbocycles. The van der Waals surface area contributed by atoms with Gasteiger partial charge >= 0.3 is 5.97 Å². The third-order valence-electron chi connectivity index (χ3n) is 3.51. The third-order valence-corrected chi connectivity index (χ3v) is 3.51. The number of hydrogen-bond donors (Lipinski definition) is 0. The van der Waals surface area contributed by atoms with Crippen LogP contribution in [0.5, 0.6) is 11.5 Å². The van der Waals surface area contributed by atoms with Gasteiger partial charge in [-0.1, -0.05) is 6.58 Å². The van der Waals surface area contributed by atoms with E-state index in [1.165, 1.54) is 44.2 Å². The molecule has 0 amide bonds. The molecule has 2 rings (SSSR count). The zero-order valence-corrected chi connectivity index (χ0v) is 14.3. The predicted octanol–water partition coefficient (Wildman–Crippen LogP) is 4.97. The number of rotatable bonds is 6. The summed E-state index contributed by atoms with van der Waals surface area (Å²) >= 11 is 0. The van der Waals surface area contributed by atoms with E-state index in [0.29, 0.717) is 6.29 Å². The summed E-state index contributed by atoms with van der Waals surface area (Å²) in [6.45, 7) is 6.10. The van der Waals surface area contributed by atoms with Gasteiger partial charge in [-0.3, -0.25) is 4.79 Å². The number of carbonyl (C=O) groups is 2. The fraction of sp³-hybridized carbons (Fsp3) is 0.158. The third kappa shape index (κ3) is 4.16. The van der Waals surface area contributed by atoms with Gasteiger partial charge in [0.25, 0.3) is 0 Å². The smallest absolute Gasteiger partial charge is 0.345 e. The average Bonchev–Trinajstić information content (AvgIpc) is 2.64. The van der Waals surface area contributed by atoms with Crippen molar-refractivity contribution in [3.63, 3.8) is 0 Å². The Balaban J connectivity index is 2.46. The Morgan fingerprint density at radius 3 is 1.96 bits per heavy atom. The Bertz CT molecular complexity index is 876. The molecule has 0 atom stereocenters. The summed E-state index contributed by atoms with van der Waals surface area (Å²) in [5.41, 5.74) is -2.59. The summed E-state index contributed by atoms with van der Waals surface area (Å²) in [5, 5.41) is 0. The molecule has 27 heavy (non-hydrogen) atoms. The van der Waals surface area contributed by atoms with Crippen LogP contribution in [0.4, 0.5) is 17.6 Å². The normalized spacial score (nSPS) is 11.0. The molecule has 0 aliphatic heterocycles. The predicted molar refractivity (Wildman–Crippen MR) is 87.9 cm³/mol. The lowest BCUT2D eigenvalue weighted by Gasteiger charge is -2.21. The van der Waals surface area contributed by atoms with Crippen molar-refractivity contribution in [2.45, 2.75) is 19.4 Å². The number of benzene rings is 2. The topological polar surface area (TPSA) is 52.6 Å². The fourth-order valence-corrected chi connectivity index (χ4v) is 1.94. The molecule has 0 N–H and O–H groups in total. The minimum Gasteiger partial charge on any atom is -0.452 e. The Morgan fingerprint density at radius 1 is 1.00 bits per heavy atom. The number of aldehydes is 1. The first-order chi connectivity index (χ1) is 12.6. The van der Waals surface area contributed by atoms with Crippen LogP contribution in [-0.2, 0) is 4.74 Å².